The van der Waals surface area contributed by atoms with Crippen molar-refractivity contribution in [3.8, 4) is 5.69 Å². The van der Waals surface area contributed by atoms with E-state index in [0.29, 0.717) is 17.3 Å². The van der Waals surface area contributed by atoms with Crippen molar-refractivity contribution in [2.45, 2.75) is 32.7 Å². The smallest absolute Gasteiger partial charge is 0.320 e. The Morgan fingerprint density at radius 2 is 2.13 bits per heavy atom. The van der Waals surface area contributed by atoms with Gasteiger partial charge in [-0.05, 0) is 32.4 Å². The Hall–Kier alpha value is -2.05. The van der Waals surface area contributed by atoms with Crippen LogP contribution in [0, 0.1) is 6.92 Å². The molecule has 0 bridgehead atoms. The van der Waals surface area contributed by atoms with Crippen LogP contribution in [0.15, 0.2) is 30.3 Å². The molecular formula is C16H21ClN4O2. The van der Waals surface area contributed by atoms with E-state index in [1.807, 2.05) is 32.0 Å². The summed E-state index contributed by atoms with van der Waals surface area (Å²) in [6, 6.07) is 8.70. The zero-order valence-electron chi connectivity index (χ0n) is 13.4. The molecule has 0 aliphatic rings. The lowest BCUT2D eigenvalue weighted by atomic mass is 10.0. The Labute approximate surface area is 140 Å². The molecule has 6 nitrogen and oxygen atoms in total. The summed E-state index contributed by atoms with van der Waals surface area (Å²) in [6.07, 6.45) is 0.615. The van der Waals surface area contributed by atoms with E-state index in [9.17, 15) is 9.90 Å². The molecule has 1 aromatic heterocycles. The maximum absolute atomic E-state index is 12.1. The van der Waals surface area contributed by atoms with Crippen molar-refractivity contribution in [2.24, 2.45) is 0 Å². The van der Waals surface area contributed by atoms with Gasteiger partial charge in [-0.1, -0.05) is 30.7 Å². The number of hydrogen-bond acceptors (Lipinski definition) is 3. The van der Waals surface area contributed by atoms with Crippen LogP contribution >= 0.6 is 11.6 Å². The van der Waals surface area contributed by atoms with E-state index < -0.39 is 11.6 Å². The number of aliphatic hydroxyl groups excluding tert-OH is 1. The number of nitrogens with one attached hydrogen (secondary N) is 2. The molecule has 1 atom stereocenters. The van der Waals surface area contributed by atoms with E-state index >= 15 is 0 Å². The standard InChI is InChI=1S/C16H21ClN4O2/c1-4-16(3,10-22)19-15(23)18-14-9-11(2)21(20-14)13-8-6-5-7-12(13)17/h5-9,22H,4,10H2,1-3H3,(H2,18,19,20,23). The zero-order chi connectivity index (χ0) is 17.0. The molecule has 0 radical (unpaired) electrons. The number of anilines is 1. The normalized spacial score (nSPS) is 13.4. The minimum absolute atomic E-state index is 0.135. The molecule has 1 aromatic carbocycles. The van der Waals surface area contributed by atoms with Gasteiger partial charge in [0.2, 0.25) is 0 Å². The van der Waals surface area contributed by atoms with Crippen LogP contribution in [-0.4, -0.2) is 33.1 Å². The predicted octanol–water partition coefficient (Wildman–Crippen LogP) is 3.12. The second kappa shape index (κ2) is 7.02. The fourth-order valence-corrected chi connectivity index (χ4v) is 2.28. The molecule has 124 valence electrons. The fourth-order valence-electron chi connectivity index (χ4n) is 2.06. The second-order valence-electron chi connectivity index (χ2n) is 5.69. The number of aryl methyl sites for hydroxylation is 1. The Morgan fingerprint density at radius 3 is 2.74 bits per heavy atom. The molecule has 0 fully saturated rings. The van der Waals surface area contributed by atoms with E-state index in [2.05, 4.69) is 15.7 Å². The second-order valence-corrected chi connectivity index (χ2v) is 6.09. The minimum atomic E-state index is -0.662. The maximum Gasteiger partial charge on any atom is 0.320 e. The number of carbonyl (C=O) groups excluding carboxylic acids is 1. The Bertz CT molecular complexity index is 695. The number of rotatable bonds is 5. The van der Waals surface area contributed by atoms with Crippen molar-refractivity contribution in [1.82, 2.24) is 15.1 Å². The summed E-state index contributed by atoms with van der Waals surface area (Å²) in [6.45, 7) is 5.42. The van der Waals surface area contributed by atoms with Gasteiger partial charge in [-0.2, -0.15) is 0 Å². The van der Waals surface area contributed by atoms with Gasteiger partial charge in [-0.3, -0.25) is 5.32 Å². The van der Waals surface area contributed by atoms with Crippen LogP contribution in [0.1, 0.15) is 26.0 Å². The number of hydrogen-bond donors (Lipinski definition) is 3. The lowest BCUT2D eigenvalue weighted by Crippen LogP contribution is -2.50. The molecule has 0 saturated carbocycles. The minimum Gasteiger partial charge on any atom is -0.394 e. The van der Waals surface area contributed by atoms with Gasteiger partial charge in [0.1, 0.15) is 0 Å². The molecular weight excluding hydrogens is 316 g/mol. The first kappa shape index (κ1) is 17.3. The predicted molar refractivity (Wildman–Crippen MR) is 91.2 cm³/mol. The van der Waals surface area contributed by atoms with Gasteiger partial charge in [0.25, 0.3) is 0 Å². The van der Waals surface area contributed by atoms with Crippen LogP contribution in [0.3, 0.4) is 0 Å². The summed E-state index contributed by atoms with van der Waals surface area (Å²) in [4.78, 5) is 12.1. The van der Waals surface area contributed by atoms with Crippen LogP contribution in [0.5, 0.6) is 0 Å². The third-order valence-corrected chi connectivity index (χ3v) is 4.07. The molecule has 3 N–H and O–H groups in total. The monoisotopic (exact) mass is 336 g/mol. The van der Waals surface area contributed by atoms with Gasteiger partial charge in [0.05, 0.1) is 22.9 Å². The number of carbonyl (C=O) groups is 1. The maximum atomic E-state index is 12.1. The number of aliphatic hydroxyl groups is 1. The van der Waals surface area contributed by atoms with Gasteiger partial charge in [0.15, 0.2) is 5.82 Å². The van der Waals surface area contributed by atoms with Crippen LogP contribution in [-0.2, 0) is 0 Å². The highest BCUT2D eigenvalue weighted by Crippen LogP contribution is 2.22. The molecule has 2 amide bonds. The van der Waals surface area contributed by atoms with Gasteiger partial charge in [-0.25, -0.2) is 9.48 Å². The third-order valence-electron chi connectivity index (χ3n) is 3.75. The Morgan fingerprint density at radius 1 is 1.43 bits per heavy atom. The topological polar surface area (TPSA) is 79.2 Å². The average Bonchev–Trinajstić information content (AvgIpc) is 2.87. The van der Waals surface area contributed by atoms with Gasteiger partial charge in [-0.15, -0.1) is 5.10 Å². The lowest BCUT2D eigenvalue weighted by molar-refractivity contribution is 0.172. The van der Waals surface area contributed by atoms with Crippen molar-refractivity contribution in [1.29, 1.82) is 0 Å². The van der Waals surface area contributed by atoms with Crippen molar-refractivity contribution in [3.63, 3.8) is 0 Å². The molecule has 1 unspecified atom stereocenters. The van der Waals surface area contributed by atoms with E-state index in [1.165, 1.54) is 0 Å². The van der Waals surface area contributed by atoms with Crippen molar-refractivity contribution >= 4 is 23.4 Å². The average molecular weight is 337 g/mol. The van der Waals surface area contributed by atoms with Crippen molar-refractivity contribution < 1.29 is 9.90 Å². The van der Waals surface area contributed by atoms with Gasteiger partial charge in [0, 0.05) is 11.8 Å². The number of nitrogens with zero attached hydrogens (tertiary/aromatic N) is 2. The quantitative estimate of drug-likeness (QED) is 0.785. The molecule has 23 heavy (non-hydrogen) atoms. The summed E-state index contributed by atoms with van der Waals surface area (Å²) in [5, 5.41) is 19.7. The number of amides is 2. The first-order valence-electron chi connectivity index (χ1n) is 7.40. The number of benzene rings is 1. The Kier molecular flexibility index (Phi) is 5.28. The number of para-hydroxylation sites is 1. The highest BCUT2D eigenvalue weighted by atomic mass is 35.5. The fraction of sp³-hybridized carbons (Fsp3) is 0.375. The summed E-state index contributed by atoms with van der Waals surface area (Å²) >= 11 is 6.18. The van der Waals surface area contributed by atoms with Crippen molar-refractivity contribution in [3.05, 3.63) is 41.0 Å². The zero-order valence-corrected chi connectivity index (χ0v) is 14.2. The van der Waals surface area contributed by atoms with E-state index in [1.54, 1.807) is 23.7 Å². The first-order valence-corrected chi connectivity index (χ1v) is 7.78. The van der Waals surface area contributed by atoms with Gasteiger partial charge >= 0.3 is 6.03 Å². The molecule has 0 aliphatic carbocycles. The van der Waals surface area contributed by atoms with Crippen molar-refractivity contribution in [2.75, 3.05) is 11.9 Å². The molecule has 7 heteroatoms. The molecule has 0 saturated heterocycles. The summed E-state index contributed by atoms with van der Waals surface area (Å²) in [5.74, 6) is 0.413. The molecule has 1 heterocycles. The van der Waals surface area contributed by atoms with Gasteiger partial charge < -0.3 is 10.4 Å². The number of urea groups is 1. The summed E-state index contributed by atoms with van der Waals surface area (Å²) < 4.78 is 1.67. The van der Waals surface area contributed by atoms with Crippen LogP contribution in [0.25, 0.3) is 5.69 Å². The summed E-state index contributed by atoms with van der Waals surface area (Å²) in [5.41, 5.74) is 0.924. The highest BCUT2D eigenvalue weighted by Gasteiger charge is 2.23. The number of aromatic nitrogens is 2. The lowest BCUT2D eigenvalue weighted by Gasteiger charge is -2.26. The van der Waals surface area contributed by atoms with E-state index in [4.69, 9.17) is 11.6 Å². The Balaban J connectivity index is 2.16. The molecule has 2 aromatic rings. The highest BCUT2D eigenvalue weighted by molar-refractivity contribution is 6.32. The molecule has 2 rings (SSSR count). The molecule has 0 spiro atoms. The van der Waals surface area contributed by atoms with E-state index in [-0.39, 0.29) is 6.61 Å². The van der Waals surface area contributed by atoms with E-state index in [0.717, 1.165) is 11.4 Å². The van der Waals surface area contributed by atoms with Crippen LogP contribution in [0.2, 0.25) is 5.02 Å². The molecule has 0 aliphatic heterocycles. The SMILES string of the molecule is CCC(C)(CO)NC(=O)Nc1cc(C)n(-c2ccccc2Cl)n1. The van der Waals surface area contributed by atoms with Crippen LogP contribution in [0.4, 0.5) is 10.6 Å². The summed E-state index contributed by atoms with van der Waals surface area (Å²) in [7, 11) is 0. The first-order chi connectivity index (χ1) is 10.9. The number of halogens is 1. The third kappa shape index (κ3) is 4.03. The largest absolute Gasteiger partial charge is 0.394 e. The van der Waals surface area contributed by atoms with Crippen LogP contribution < -0.4 is 10.6 Å².